The van der Waals surface area contributed by atoms with E-state index in [1.165, 1.54) is 10.9 Å². The quantitative estimate of drug-likeness (QED) is 0.868. The first-order valence-corrected chi connectivity index (χ1v) is 6.82. The lowest BCUT2D eigenvalue weighted by atomic mass is 9.93. The Morgan fingerprint density at radius 2 is 2.30 bits per heavy atom. The number of benzene rings is 1. The van der Waals surface area contributed by atoms with Gasteiger partial charge in [0.05, 0.1) is 19.2 Å². The SMILES string of the molecule is COc1ccc2[nH]c3c(c2c1)CC1COC(=O)N1C3C. The van der Waals surface area contributed by atoms with Gasteiger partial charge in [-0.1, -0.05) is 0 Å². The maximum atomic E-state index is 11.8. The molecule has 0 aliphatic carbocycles. The van der Waals surface area contributed by atoms with Gasteiger partial charge in [0.2, 0.25) is 0 Å². The second-order valence-corrected chi connectivity index (χ2v) is 5.45. The molecule has 1 amide bonds. The van der Waals surface area contributed by atoms with Crippen LogP contribution >= 0.6 is 0 Å². The van der Waals surface area contributed by atoms with Crippen molar-refractivity contribution in [3.05, 3.63) is 29.5 Å². The third-order valence-corrected chi connectivity index (χ3v) is 4.42. The Hall–Kier alpha value is -2.17. The van der Waals surface area contributed by atoms with Crippen molar-refractivity contribution in [2.24, 2.45) is 0 Å². The summed E-state index contributed by atoms with van der Waals surface area (Å²) in [5, 5.41) is 1.19. The fourth-order valence-corrected chi connectivity index (χ4v) is 3.43. The second-order valence-electron chi connectivity index (χ2n) is 5.45. The number of aromatic amines is 1. The number of methoxy groups -OCH3 is 1. The van der Waals surface area contributed by atoms with Crippen LogP contribution in [0, 0.1) is 0 Å². The van der Waals surface area contributed by atoms with Gasteiger partial charge in [-0.05, 0) is 37.1 Å². The van der Waals surface area contributed by atoms with E-state index in [2.05, 4.69) is 11.1 Å². The molecular weight excluding hydrogens is 256 g/mol. The highest BCUT2D eigenvalue weighted by Crippen LogP contribution is 2.40. The van der Waals surface area contributed by atoms with Crippen LogP contribution in [0.2, 0.25) is 0 Å². The molecule has 0 spiro atoms. The van der Waals surface area contributed by atoms with Crippen molar-refractivity contribution in [3.63, 3.8) is 0 Å². The van der Waals surface area contributed by atoms with Crippen LogP contribution < -0.4 is 4.74 Å². The summed E-state index contributed by atoms with van der Waals surface area (Å²) in [4.78, 5) is 17.1. The number of fused-ring (bicyclic) bond motifs is 4. The van der Waals surface area contributed by atoms with E-state index in [-0.39, 0.29) is 18.2 Å². The van der Waals surface area contributed by atoms with Gasteiger partial charge in [0.1, 0.15) is 12.4 Å². The fourth-order valence-electron chi connectivity index (χ4n) is 3.43. The van der Waals surface area contributed by atoms with Crippen LogP contribution in [0.3, 0.4) is 0 Å². The Balaban J connectivity index is 1.89. The van der Waals surface area contributed by atoms with E-state index < -0.39 is 0 Å². The summed E-state index contributed by atoms with van der Waals surface area (Å²) in [6.07, 6.45) is 0.628. The van der Waals surface area contributed by atoms with Crippen LogP contribution in [0.1, 0.15) is 24.2 Å². The first kappa shape index (κ1) is 11.6. The van der Waals surface area contributed by atoms with Gasteiger partial charge in [-0.3, -0.25) is 4.90 Å². The van der Waals surface area contributed by atoms with Crippen molar-refractivity contribution in [1.29, 1.82) is 0 Å². The van der Waals surface area contributed by atoms with E-state index in [1.807, 2.05) is 24.0 Å². The van der Waals surface area contributed by atoms with Gasteiger partial charge in [-0.25, -0.2) is 4.79 Å². The molecule has 5 nitrogen and oxygen atoms in total. The number of amides is 1. The predicted molar refractivity (Wildman–Crippen MR) is 73.9 cm³/mol. The molecule has 1 aromatic heterocycles. The number of aromatic nitrogens is 1. The maximum absolute atomic E-state index is 11.8. The number of hydrogen-bond donors (Lipinski definition) is 1. The molecule has 3 heterocycles. The summed E-state index contributed by atoms with van der Waals surface area (Å²) in [5.74, 6) is 0.855. The standard InChI is InChI=1S/C15H16N2O3/c1-8-14-12(5-9-7-20-15(18)17(8)9)11-6-10(19-2)3-4-13(11)16-14/h3-4,6,8-9,16H,5,7H2,1-2H3. The van der Waals surface area contributed by atoms with Crippen molar-refractivity contribution in [1.82, 2.24) is 9.88 Å². The first-order valence-electron chi connectivity index (χ1n) is 6.82. The van der Waals surface area contributed by atoms with E-state index in [9.17, 15) is 4.79 Å². The molecule has 2 aliphatic heterocycles. The van der Waals surface area contributed by atoms with Gasteiger partial charge in [0, 0.05) is 16.6 Å². The van der Waals surface area contributed by atoms with Gasteiger partial charge in [0.25, 0.3) is 0 Å². The van der Waals surface area contributed by atoms with Gasteiger partial charge in [-0.15, -0.1) is 0 Å². The number of H-pyrrole nitrogens is 1. The van der Waals surface area contributed by atoms with Crippen LogP contribution in [0.5, 0.6) is 5.75 Å². The fraction of sp³-hybridized carbons (Fsp3) is 0.400. The molecular formula is C15H16N2O3. The number of ether oxygens (including phenoxy) is 2. The summed E-state index contributed by atoms with van der Waals surface area (Å²) >= 11 is 0. The molecule has 2 atom stereocenters. The van der Waals surface area contributed by atoms with Gasteiger partial charge >= 0.3 is 6.09 Å². The van der Waals surface area contributed by atoms with Crippen molar-refractivity contribution in [2.45, 2.75) is 25.4 Å². The minimum atomic E-state index is -0.204. The van der Waals surface area contributed by atoms with Crippen LogP contribution in [0.15, 0.2) is 18.2 Å². The molecule has 0 saturated carbocycles. The summed E-state index contributed by atoms with van der Waals surface area (Å²) in [7, 11) is 1.67. The molecule has 0 radical (unpaired) electrons. The van der Waals surface area contributed by atoms with Crippen LogP contribution in [0.4, 0.5) is 4.79 Å². The Kier molecular flexibility index (Phi) is 2.28. The summed E-state index contributed by atoms with van der Waals surface area (Å²) in [6, 6.07) is 6.21. The third kappa shape index (κ3) is 1.40. The van der Waals surface area contributed by atoms with E-state index in [0.29, 0.717) is 6.61 Å². The van der Waals surface area contributed by atoms with E-state index in [4.69, 9.17) is 9.47 Å². The minimum Gasteiger partial charge on any atom is -0.497 e. The highest BCUT2D eigenvalue weighted by Gasteiger charge is 2.42. The molecule has 0 bridgehead atoms. The number of hydrogen-bond acceptors (Lipinski definition) is 3. The average Bonchev–Trinajstić information content (AvgIpc) is 3.00. The van der Waals surface area contributed by atoms with Crippen molar-refractivity contribution >= 4 is 17.0 Å². The first-order chi connectivity index (χ1) is 9.69. The molecule has 2 aromatic rings. The zero-order valence-corrected chi connectivity index (χ0v) is 11.5. The Morgan fingerprint density at radius 1 is 1.45 bits per heavy atom. The van der Waals surface area contributed by atoms with Crippen molar-refractivity contribution in [2.75, 3.05) is 13.7 Å². The van der Waals surface area contributed by atoms with E-state index in [1.54, 1.807) is 7.11 Å². The third-order valence-electron chi connectivity index (χ3n) is 4.42. The van der Waals surface area contributed by atoms with Crippen LogP contribution in [0.25, 0.3) is 10.9 Å². The van der Waals surface area contributed by atoms with Crippen molar-refractivity contribution < 1.29 is 14.3 Å². The highest BCUT2D eigenvalue weighted by atomic mass is 16.6. The number of nitrogens with one attached hydrogen (secondary N) is 1. The summed E-state index contributed by atoms with van der Waals surface area (Å²) in [5.41, 5.74) is 3.49. The van der Waals surface area contributed by atoms with Crippen LogP contribution in [-0.2, 0) is 11.2 Å². The van der Waals surface area contributed by atoms with Crippen LogP contribution in [-0.4, -0.2) is 35.7 Å². The molecule has 4 rings (SSSR count). The lowest BCUT2D eigenvalue weighted by molar-refractivity contribution is 0.143. The molecule has 20 heavy (non-hydrogen) atoms. The van der Waals surface area contributed by atoms with Gasteiger partial charge in [0.15, 0.2) is 0 Å². The van der Waals surface area contributed by atoms with E-state index >= 15 is 0 Å². The number of cyclic esters (lactones) is 1. The summed E-state index contributed by atoms with van der Waals surface area (Å²) in [6.45, 7) is 2.53. The molecule has 5 heteroatoms. The molecule has 2 aliphatic rings. The van der Waals surface area contributed by atoms with E-state index in [0.717, 1.165) is 23.4 Å². The molecule has 1 aromatic carbocycles. The Morgan fingerprint density at radius 3 is 3.10 bits per heavy atom. The molecule has 104 valence electrons. The zero-order chi connectivity index (χ0) is 13.9. The monoisotopic (exact) mass is 272 g/mol. The zero-order valence-electron chi connectivity index (χ0n) is 11.5. The normalized spacial score (nSPS) is 24.5. The molecule has 1 N–H and O–H groups in total. The minimum absolute atomic E-state index is 0.0251. The van der Waals surface area contributed by atoms with Gasteiger partial charge < -0.3 is 14.5 Å². The smallest absolute Gasteiger partial charge is 0.410 e. The number of carbonyl (C=O) groups is 1. The maximum Gasteiger partial charge on any atom is 0.410 e. The number of rotatable bonds is 1. The topological polar surface area (TPSA) is 54.6 Å². The van der Waals surface area contributed by atoms with Gasteiger partial charge in [-0.2, -0.15) is 0 Å². The lowest BCUT2D eigenvalue weighted by Crippen LogP contribution is -2.41. The number of carbonyl (C=O) groups excluding carboxylic acids is 1. The Labute approximate surface area is 116 Å². The average molecular weight is 272 g/mol. The Bertz CT molecular complexity index is 706. The lowest BCUT2D eigenvalue weighted by Gasteiger charge is -2.33. The number of nitrogens with zero attached hydrogens (tertiary/aromatic N) is 1. The summed E-state index contributed by atoms with van der Waals surface area (Å²) < 4.78 is 10.5. The largest absolute Gasteiger partial charge is 0.497 e. The molecule has 1 fully saturated rings. The highest BCUT2D eigenvalue weighted by molar-refractivity contribution is 5.87. The molecule has 2 unspecified atom stereocenters. The van der Waals surface area contributed by atoms with Crippen molar-refractivity contribution in [3.8, 4) is 5.75 Å². The second kappa shape index (κ2) is 3.91. The predicted octanol–water partition coefficient (Wildman–Crippen LogP) is 2.61. The molecule has 1 saturated heterocycles.